The third-order valence-electron chi connectivity index (χ3n) is 2.37. The van der Waals surface area contributed by atoms with Crippen molar-refractivity contribution < 1.29 is 12.8 Å². The van der Waals surface area contributed by atoms with E-state index < -0.39 is 15.7 Å². The van der Waals surface area contributed by atoms with Gasteiger partial charge in [0.25, 0.3) is 0 Å². The molecule has 0 aliphatic carbocycles. The summed E-state index contributed by atoms with van der Waals surface area (Å²) in [5, 5.41) is 0. The molecule has 0 aliphatic heterocycles. The number of anilines is 2. The Labute approximate surface area is 104 Å². The second-order valence-corrected chi connectivity index (χ2v) is 5.75. The van der Waals surface area contributed by atoms with Gasteiger partial charge in [-0.05, 0) is 36.4 Å². The first-order valence-electron chi connectivity index (χ1n) is 5.06. The van der Waals surface area contributed by atoms with Crippen LogP contribution >= 0.6 is 0 Å². The van der Waals surface area contributed by atoms with Crippen LogP contribution in [0.4, 0.5) is 15.8 Å². The fourth-order valence-corrected chi connectivity index (χ4v) is 2.94. The summed E-state index contributed by atoms with van der Waals surface area (Å²) in [4.78, 5) is -0.182. The molecular formula is C12H11FN2O2S. The Morgan fingerprint density at radius 2 is 1.56 bits per heavy atom. The molecule has 0 aromatic heterocycles. The van der Waals surface area contributed by atoms with Gasteiger partial charge in [0, 0.05) is 11.4 Å². The Morgan fingerprint density at radius 3 is 2.17 bits per heavy atom. The predicted octanol–water partition coefficient (Wildman–Crippen LogP) is 1.82. The quantitative estimate of drug-likeness (QED) is 0.812. The first-order valence-corrected chi connectivity index (χ1v) is 6.54. The van der Waals surface area contributed by atoms with Gasteiger partial charge in [0.05, 0.1) is 9.79 Å². The molecule has 4 N–H and O–H groups in total. The highest BCUT2D eigenvalue weighted by atomic mass is 32.2. The maximum atomic E-state index is 13.2. The zero-order chi connectivity index (χ0) is 13.3. The number of hydrogen-bond donors (Lipinski definition) is 2. The van der Waals surface area contributed by atoms with Crippen LogP contribution < -0.4 is 11.5 Å². The number of nitrogens with two attached hydrogens (primary N) is 2. The fourth-order valence-electron chi connectivity index (χ4n) is 1.56. The van der Waals surface area contributed by atoms with E-state index in [9.17, 15) is 12.8 Å². The highest BCUT2D eigenvalue weighted by molar-refractivity contribution is 7.91. The van der Waals surface area contributed by atoms with Gasteiger partial charge in [0.2, 0.25) is 9.84 Å². The largest absolute Gasteiger partial charge is 0.399 e. The Balaban J connectivity index is 2.61. The maximum absolute atomic E-state index is 13.2. The molecule has 0 fully saturated rings. The van der Waals surface area contributed by atoms with E-state index in [1.807, 2.05) is 0 Å². The summed E-state index contributed by atoms with van der Waals surface area (Å²) in [6, 6.07) is 8.99. The summed E-state index contributed by atoms with van der Waals surface area (Å²) in [5.41, 5.74) is 11.3. The van der Waals surface area contributed by atoms with Gasteiger partial charge in [-0.25, -0.2) is 12.8 Å². The lowest BCUT2D eigenvalue weighted by Gasteiger charge is -2.06. The smallest absolute Gasteiger partial charge is 0.206 e. The number of halogens is 1. The van der Waals surface area contributed by atoms with Gasteiger partial charge in [0.15, 0.2) is 0 Å². The minimum absolute atomic E-state index is 0.00694. The Hall–Kier alpha value is -2.08. The van der Waals surface area contributed by atoms with Crippen LogP contribution in [0, 0.1) is 5.82 Å². The monoisotopic (exact) mass is 266 g/mol. The zero-order valence-electron chi connectivity index (χ0n) is 9.30. The van der Waals surface area contributed by atoms with Crippen LogP contribution in [0.5, 0.6) is 0 Å². The number of nitrogen functional groups attached to an aromatic ring is 2. The van der Waals surface area contributed by atoms with E-state index in [0.29, 0.717) is 5.69 Å². The molecule has 2 aromatic rings. The van der Waals surface area contributed by atoms with Gasteiger partial charge in [-0.1, -0.05) is 6.07 Å². The van der Waals surface area contributed by atoms with Crippen LogP contribution in [0.25, 0.3) is 0 Å². The number of hydrogen-bond acceptors (Lipinski definition) is 4. The summed E-state index contributed by atoms with van der Waals surface area (Å²) in [7, 11) is -3.81. The second-order valence-electron chi connectivity index (χ2n) is 3.80. The first kappa shape index (κ1) is 12.4. The van der Waals surface area contributed by atoms with E-state index in [-0.39, 0.29) is 15.5 Å². The van der Waals surface area contributed by atoms with E-state index >= 15 is 0 Å². The molecule has 2 aromatic carbocycles. The van der Waals surface area contributed by atoms with Crippen LogP contribution in [-0.4, -0.2) is 8.42 Å². The molecule has 18 heavy (non-hydrogen) atoms. The molecule has 0 saturated heterocycles. The van der Waals surface area contributed by atoms with Gasteiger partial charge in [-0.2, -0.15) is 0 Å². The number of rotatable bonds is 2. The number of sulfone groups is 1. The highest BCUT2D eigenvalue weighted by Gasteiger charge is 2.19. The van der Waals surface area contributed by atoms with Crippen molar-refractivity contribution in [3.8, 4) is 0 Å². The Bertz CT molecular complexity index is 679. The van der Waals surface area contributed by atoms with Crippen molar-refractivity contribution in [2.24, 2.45) is 0 Å². The SMILES string of the molecule is Nc1cccc(S(=O)(=O)c2cc(N)cc(F)c2)c1. The van der Waals surface area contributed by atoms with Crippen molar-refractivity contribution in [2.75, 3.05) is 11.5 Å². The normalized spacial score (nSPS) is 11.4. The lowest BCUT2D eigenvalue weighted by Crippen LogP contribution is -2.04. The summed E-state index contributed by atoms with van der Waals surface area (Å²) >= 11 is 0. The second kappa shape index (κ2) is 4.30. The molecule has 0 unspecified atom stereocenters. The van der Waals surface area contributed by atoms with E-state index in [1.165, 1.54) is 24.3 Å². The van der Waals surface area contributed by atoms with E-state index in [1.54, 1.807) is 6.07 Å². The lowest BCUT2D eigenvalue weighted by molar-refractivity contribution is 0.591. The fraction of sp³-hybridized carbons (Fsp3) is 0. The molecule has 94 valence electrons. The Kier molecular flexibility index (Phi) is 2.96. The van der Waals surface area contributed by atoms with Crippen molar-refractivity contribution >= 4 is 21.2 Å². The summed E-state index contributed by atoms with van der Waals surface area (Å²) in [5.74, 6) is -0.697. The summed E-state index contributed by atoms with van der Waals surface area (Å²) in [6.07, 6.45) is 0. The highest BCUT2D eigenvalue weighted by Crippen LogP contribution is 2.24. The molecule has 6 heteroatoms. The molecule has 0 bridgehead atoms. The van der Waals surface area contributed by atoms with E-state index in [0.717, 1.165) is 12.1 Å². The standard InChI is InChI=1S/C12H11FN2O2S/c13-8-4-10(15)7-12(5-8)18(16,17)11-3-1-2-9(14)6-11/h1-7H,14-15H2. The van der Waals surface area contributed by atoms with E-state index in [4.69, 9.17) is 11.5 Å². The molecule has 0 aliphatic rings. The molecule has 0 amide bonds. The maximum Gasteiger partial charge on any atom is 0.206 e. The topological polar surface area (TPSA) is 86.2 Å². The molecule has 0 heterocycles. The molecule has 4 nitrogen and oxygen atoms in total. The third kappa shape index (κ3) is 2.28. The van der Waals surface area contributed by atoms with Crippen LogP contribution in [-0.2, 0) is 9.84 Å². The van der Waals surface area contributed by atoms with Crippen LogP contribution in [0.3, 0.4) is 0 Å². The molecular weight excluding hydrogens is 255 g/mol. The van der Waals surface area contributed by atoms with Crippen molar-refractivity contribution in [3.63, 3.8) is 0 Å². The zero-order valence-corrected chi connectivity index (χ0v) is 10.1. The van der Waals surface area contributed by atoms with Crippen LogP contribution in [0.15, 0.2) is 52.3 Å². The third-order valence-corrected chi connectivity index (χ3v) is 4.10. The molecule has 0 radical (unpaired) electrons. The molecule has 0 saturated carbocycles. The van der Waals surface area contributed by atoms with Crippen LogP contribution in [0.1, 0.15) is 0 Å². The lowest BCUT2D eigenvalue weighted by atomic mass is 10.3. The van der Waals surface area contributed by atoms with Gasteiger partial charge in [0.1, 0.15) is 5.82 Å². The van der Waals surface area contributed by atoms with Crippen molar-refractivity contribution in [1.29, 1.82) is 0 Å². The van der Waals surface area contributed by atoms with Gasteiger partial charge < -0.3 is 11.5 Å². The Morgan fingerprint density at radius 1 is 0.889 bits per heavy atom. The van der Waals surface area contributed by atoms with E-state index in [2.05, 4.69) is 0 Å². The van der Waals surface area contributed by atoms with Crippen LogP contribution in [0.2, 0.25) is 0 Å². The van der Waals surface area contributed by atoms with Gasteiger partial charge in [-0.15, -0.1) is 0 Å². The molecule has 0 atom stereocenters. The first-order chi connectivity index (χ1) is 8.39. The number of benzene rings is 2. The minimum atomic E-state index is -3.81. The summed E-state index contributed by atoms with van der Waals surface area (Å²) < 4.78 is 37.6. The van der Waals surface area contributed by atoms with Gasteiger partial charge in [-0.3, -0.25) is 0 Å². The molecule has 2 rings (SSSR count). The average molecular weight is 266 g/mol. The van der Waals surface area contributed by atoms with Crippen molar-refractivity contribution in [1.82, 2.24) is 0 Å². The van der Waals surface area contributed by atoms with Crippen molar-refractivity contribution in [3.05, 3.63) is 48.3 Å². The predicted molar refractivity (Wildman–Crippen MR) is 67.1 cm³/mol. The van der Waals surface area contributed by atoms with Crippen molar-refractivity contribution in [2.45, 2.75) is 9.79 Å². The summed E-state index contributed by atoms with van der Waals surface area (Å²) in [6.45, 7) is 0. The average Bonchev–Trinajstić information content (AvgIpc) is 2.27. The van der Waals surface area contributed by atoms with Gasteiger partial charge >= 0.3 is 0 Å². The molecule has 0 spiro atoms. The minimum Gasteiger partial charge on any atom is -0.399 e.